The predicted octanol–water partition coefficient (Wildman–Crippen LogP) is 2.43. The molecule has 4 N–H and O–H groups in total. The second-order valence-corrected chi connectivity index (χ2v) is 6.07. The molecule has 2 amide bonds. The van der Waals surface area contributed by atoms with Crippen LogP contribution in [0.2, 0.25) is 0 Å². The van der Waals surface area contributed by atoms with Crippen molar-refractivity contribution in [2.45, 2.75) is 6.54 Å². The zero-order chi connectivity index (χ0) is 16.4. The number of fused-ring (bicyclic) bond motifs is 1. The molecule has 3 rings (SSSR count). The van der Waals surface area contributed by atoms with E-state index in [0.29, 0.717) is 28.9 Å². The highest BCUT2D eigenvalue weighted by atomic mass is 79.9. The zero-order valence-corrected chi connectivity index (χ0v) is 13.7. The molecule has 0 bridgehead atoms. The van der Waals surface area contributed by atoms with E-state index in [1.807, 2.05) is 24.3 Å². The van der Waals surface area contributed by atoms with Crippen LogP contribution >= 0.6 is 15.9 Å². The number of rotatable bonds is 3. The third-order valence-corrected chi connectivity index (χ3v) is 3.98. The molecule has 2 aromatic carbocycles. The predicted molar refractivity (Wildman–Crippen MR) is 92.3 cm³/mol. The minimum absolute atomic E-state index is 0.384. The first kappa shape index (κ1) is 15.3. The number of halogens is 1. The van der Waals surface area contributed by atoms with Crippen molar-refractivity contribution < 1.29 is 9.59 Å². The fraction of sp³-hybridized carbons (Fsp3) is 0.0588. The fourth-order valence-corrected chi connectivity index (χ4v) is 2.78. The second-order valence-electron chi connectivity index (χ2n) is 5.16. The Bertz CT molecular complexity index is 830. The third kappa shape index (κ3) is 3.27. The van der Waals surface area contributed by atoms with Gasteiger partial charge in [-0.2, -0.15) is 0 Å². The summed E-state index contributed by atoms with van der Waals surface area (Å²) in [6.07, 6.45) is 1.62. The van der Waals surface area contributed by atoms with Crippen LogP contribution in [0, 0.1) is 0 Å². The second kappa shape index (κ2) is 6.26. The summed E-state index contributed by atoms with van der Waals surface area (Å²) in [5.41, 5.74) is 8.93. The van der Waals surface area contributed by atoms with Crippen LogP contribution < -0.4 is 16.4 Å². The van der Waals surface area contributed by atoms with Gasteiger partial charge in [-0.3, -0.25) is 14.9 Å². The van der Waals surface area contributed by atoms with E-state index in [0.717, 1.165) is 10.0 Å². The molecule has 0 spiro atoms. The van der Waals surface area contributed by atoms with Crippen LogP contribution in [0.1, 0.15) is 21.5 Å². The maximum atomic E-state index is 12.1. The summed E-state index contributed by atoms with van der Waals surface area (Å²) >= 11 is 3.37. The van der Waals surface area contributed by atoms with E-state index in [1.165, 1.54) is 0 Å². The highest BCUT2D eigenvalue weighted by Gasteiger charge is 2.27. The number of imide groups is 1. The minimum atomic E-state index is -0.416. The number of amides is 2. The molecule has 0 saturated heterocycles. The molecule has 1 heterocycles. The van der Waals surface area contributed by atoms with Crippen molar-refractivity contribution in [3.63, 3.8) is 0 Å². The Morgan fingerprint density at radius 1 is 1.09 bits per heavy atom. The summed E-state index contributed by atoms with van der Waals surface area (Å²) in [6, 6.07) is 12.7. The van der Waals surface area contributed by atoms with Crippen molar-refractivity contribution in [2.75, 3.05) is 5.73 Å². The Kier molecular flexibility index (Phi) is 4.16. The molecule has 6 heteroatoms. The average molecular weight is 372 g/mol. The Morgan fingerprint density at radius 3 is 2.70 bits per heavy atom. The summed E-state index contributed by atoms with van der Waals surface area (Å²) < 4.78 is 0.806. The van der Waals surface area contributed by atoms with E-state index in [2.05, 4.69) is 26.6 Å². The Labute approximate surface area is 141 Å². The Balaban J connectivity index is 1.87. The van der Waals surface area contributed by atoms with Crippen molar-refractivity contribution in [1.29, 1.82) is 0 Å². The number of carbonyl (C=O) groups excluding carboxylic acids is 2. The molecule has 0 aliphatic carbocycles. The first-order valence-electron chi connectivity index (χ1n) is 6.98. The van der Waals surface area contributed by atoms with E-state index in [4.69, 9.17) is 5.73 Å². The van der Waals surface area contributed by atoms with Gasteiger partial charge >= 0.3 is 0 Å². The number of hydrogen-bond acceptors (Lipinski definition) is 4. The normalized spacial score (nSPS) is 15.3. The fourth-order valence-electron chi connectivity index (χ4n) is 2.41. The van der Waals surface area contributed by atoms with Crippen LogP contribution in [0.5, 0.6) is 0 Å². The first-order chi connectivity index (χ1) is 11.0. The molecule has 0 radical (unpaired) electrons. The third-order valence-electron chi connectivity index (χ3n) is 3.49. The molecule has 5 nitrogen and oxygen atoms in total. The molecule has 0 fully saturated rings. The molecule has 1 aliphatic rings. The van der Waals surface area contributed by atoms with Gasteiger partial charge in [0.15, 0.2) is 0 Å². The number of nitrogens with two attached hydrogens (primary N) is 1. The monoisotopic (exact) mass is 371 g/mol. The minimum Gasteiger partial charge on any atom is -0.399 e. The number of carbonyl (C=O) groups is 2. The van der Waals surface area contributed by atoms with Gasteiger partial charge in [-0.05, 0) is 35.9 Å². The van der Waals surface area contributed by atoms with Gasteiger partial charge in [0.2, 0.25) is 0 Å². The maximum Gasteiger partial charge on any atom is 0.260 e. The molecular weight excluding hydrogens is 358 g/mol. The summed E-state index contributed by atoms with van der Waals surface area (Å²) in [6.45, 7) is 0.527. The lowest BCUT2D eigenvalue weighted by Crippen LogP contribution is -2.37. The molecule has 0 atom stereocenters. The molecular formula is C17H14BrN3O2. The number of nitrogen functional groups attached to an aromatic ring is 1. The van der Waals surface area contributed by atoms with Gasteiger partial charge in [-0.15, -0.1) is 0 Å². The van der Waals surface area contributed by atoms with Gasteiger partial charge in [0.25, 0.3) is 11.8 Å². The Hall–Kier alpha value is -2.60. The van der Waals surface area contributed by atoms with Gasteiger partial charge in [0.05, 0.1) is 5.57 Å². The highest BCUT2D eigenvalue weighted by molar-refractivity contribution is 9.10. The van der Waals surface area contributed by atoms with Gasteiger partial charge in [0.1, 0.15) is 0 Å². The van der Waals surface area contributed by atoms with Gasteiger partial charge in [-0.25, -0.2) is 0 Å². The van der Waals surface area contributed by atoms with E-state index in [1.54, 1.807) is 24.4 Å². The number of anilines is 1. The van der Waals surface area contributed by atoms with Crippen molar-refractivity contribution in [3.8, 4) is 0 Å². The van der Waals surface area contributed by atoms with Crippen LogP contribution in [0.4, 0.5) is 5.69 Å². The molecule has 116 valence electrons. The van der Waals surface area contributed by atoms with E-state index >= 15 is 0 Å². The molecule has 2 aromatic rings. The first-order valence-corrected chi connectivity index (χ1v) is 7.77. The standard InChI is InChI=1S/C17H14BrN3O2/c18-11-4-5-13-14(7-11)15(17(23)21-16(13)22)9-20-8-10-2-1-3-12(19)6-10/h1-7,9,20H,8,19H2,(H,21,22,23). The van der Waals surface area contributed by atoms with Crippen molar-refractivity contribution in [2.24, 2.45) is 0 Å². The Morgan fingerprint density at radius 2 is 1.91 bits per heavy atom. The van der Waals surface area contributed by atoms with E-state index in [9.17, 15) is 9.59 Å². The number of benzene rings is 2. The lowest BCUT2D eigenvalue weighted by atomic mass is 9.95. The van der Waals surface area contributed by atoms with Crippen LogP contribution in [-0.4, -0.2) is 11.8 Å². The molecule has 0 saturated carbocycles. The quantitative estimate of drug-likeness (QED) is 0.439. The lowest BCUT2D eigenvalue weighted by molar-refractivity contribution is -0.114. The molecule has 1 aliphatic heterocycles. The smallest absolute Gasteiger partial charge is 0.260 e. The van der Waals surface area contributed by atoms with Crippen molar-refractivity contribution in [1.82, 2.24) is 10.6 Å². The van der Waals surface area contributed by atoms with Gasteiger partial charge in [-0.1, -0.05) is 28.1 Å². The summed E-state index contributed by atoms with van der Waals surface area (Å²) in [7, 11) is 0. The van der Waals surface area contributed by atoms with Gasteiger partial charge < -0.3 is 11.1 Å². The average Bonchev–Trinajstić information content (AvgIpc) is 2.50. The van der Waals surface area contributed by atoms with E-state index < -0.39 is 5.91 Å². The van der Waals surface area contributed by atoms with Crippen LogP contribution in [0.3, 0.4) is 0 Å². The topological polar surface area (TPSA) is 84.2 Å². The molecule has 0 unspecified atom stereocenters. The van der Waals surface area contributed by atoms with Crippen molar-refractivity contribution >= 4 is 39.0 Å². The number of nitrogens with one attached hydrogen (secondary N) is 2. The van der Waals surface area contributed by atoms with Crippen LogP contribution in [-0.2, 0) is 11.3 Å². The summed E-state index contributed by atoms with van der Waals surface area (Å²) in [5.74, 6) is -0.800. The van der Waals surface area contributed by atoms with Crippen molar-refractivity contribution in [3.05, 3.63) is 69.8 Å². The largest absolute Gasteiger partial charge is 0.399 e. The highest BCUT2D eigenvalue weighted by Crippen LogP contribution is 2.26. The van der Waals surface area contributed by atoms with Crippen LogP contribution in [0.25, 0.3) is 5.57 Å². The summed E-state index contributed by atoms with van der Waals surface area (Å²) in [4.78, 5) is 24.0. The maximum absolute atomic E-state index is 12.1. The van der Waals surface area contributed by atoms with E-state index in [-0.39, 0.29) is 5.91 Å². The summed E-state index contributed by atoms with van der Waals surface area (Å²) in [5, 5.41) is 5.44. The zero-order valence-electron chi connectivity index (χ0n) is 12.1. The van der Waals surface area contributed by atoms with Gasteiger partial charge in [0, 0.05) is 34.0 Å². The molecule has 0 aromatic heterocycles. The van der Waals surface area contributed by atoms with Crippen LogP contribution in [0.15, 0.2) is 53.1 Å². The SMILES string of the molecule is Nc1cccc(CNC=C2C(=O)NC(=O)c3ccc(Br)cc32)c1. The molecule has 23 heavy (non-hydrogen) atoms. The lowest BCUT2D eigenvalue weighted by Gasteiger charge is -2.18. The number of hydrogen-bond donors (Lipinski definition) is 3.